The van der Waals surface area contributed by atoms with Gasteiger partial charge in [-0.05, 0) is 36.2 Å². The Morgan fingerprint density at radius 1 is 1.00 bits per heavy atom. The van der Waals surface area contributed by atoms with E-state index in [-0.39, 0.29) is 0 Å². The molecule has 1 aliphatic rings. The Balaban J connectivity index is 1.55. The topological polar surface area (TPSA) is 52.4 Å². The molecular formula is C20H22N4O2. The Morgan fingerprint density at radius 2 is 1.88 bits per heavy atom. The van der Waals surface area contributed by atoms with Gasteiger partial charge in [0.05, 0.1) is 12.0 Å². The molecule has 1 aromatic carbocycles. The van der Waals surface area contributed by atoms with Crippen molar-refractivity contribution in [1.29, 1.82) is 0 Å². The fourth-order valence-corrected chi connectivity index (χ4v) is 3.21. The van der Waals surface area contributed by atoms with Crippen LogP contribution in [-0.4, -0.2) is 26.2 Å². The van der Waals surface area contributed by atoms with Gasteiger partial charge >= 0.3 is 0 Å². The van der Waals surface area contributed by atoms with E-state index >= 15 is 0 Å². The Morgan fingerprint density at radius 3 is 2.73 bits per heavy atom. The van der Waals surface area contributed by atoms with Gasteiger partial charge in [0.2, 0.25) is 6.79 Å². The van der Waals surface area contributed by atoms with Crippen molar-refractivity contribution >= 4 is 0 Å². The normalized spacial score (nSPS) is 12.7. The molecule has 6 nitrogen and oxygen atoms in total. The molecule has 3 heterocycles. The van der Waals surface area contributed by atoms with Crippen molar-refractivity contribution in [3.8, 4) is 11.5 Å². The first kappa shape index (κ1) is 16.6. The number of ether oxygens (including phenoxy) is 2. The van der Waals surface area contributed by atoms with E-state index < -0.39 is 0 Å². The summed E-state index contributed by atoms with van der Waals surface area (Å²) in [5.41, 5.74) is 3.59. The number of rotatable bonds is 7. The summed E-state index contributed by atoms with van der Waals surface area (Å²) in [6.07, 6.45) is 7.55. The van der Waals surface area contributed by atoms with Crippen molar-refractivity contribution in [2.24, 2.45) is 0 Å². The molecule has 0 radical (unpaired) electrons. The smallest absolute Gasteiger partial charge is 0.231 e. The summed E-state index contributed by atoms with van der Waals surface area (Å²) in [5, 5.41) is 0. The minimum absolute atomic E-state index is 0.299. The largest absolute Gasteiger partial charge is 0.454 e. The standard InChI is InChI=1S/C20H22N4O2/c1-2-24-14-22-10-18(24)13-23(12-17-4-3-7-21-9-17)11-16-5-6-19-20(8-16)26-15-25-19/h3-10,14H,2,11-13,15H2,1H3. The predicted octanol–water partition coefficient (Wildman–Crippen LogP) is 3.23. The first-order valence-corrected chi connectivity index (χ1v) is 8.80. The molecule has 134 valence electrons. The van der Waals surface area contributed by atoms with Gasteiger partial charge in [0.15, 0.2) is 11.5 Å². The zero-order valence-corrected chi connectivity index (χ0v) is 14.8. The first-order chi connectivity index (χ1) is 12.8. The maximum Gasteiger partial charge on any atom is 0.231 e. The molecule has 1 aliphatic heterocycles. The monoisotopic (exact) mass is 350 g/mol. The van der Waals surface area contributed by atoms with Gasteiger partial charge in [-0.25, -0.2) is 4.98 Å². The van der Waals surface area contributed by atoms with Crippen molar-refractivity contribution in [2.75, 3.05) is 6.79 Å². The number of hydrogen-bond donors (Lipinski definition) is 0. The highest BCUT2D eigenvalue weighted by Gasteiger charge is 2.16. The minimum atomic E-state index is 0.299. The average molecular weight is 350 g/mol. The van der Waals surface area contributed by atoms with Gasteiger partial charge in [-0.1, -0.05) is 12.1 Å². The van der Waals surface area contributed by atoms with Crippen molar-refractivity contribution in [3.63, 3.8) is 0 Å². The van der Waals surface area contributed by atoms with Crippen LogP contribution in [0.25, 0.3) is 0 Å². The maximum atomic E-state index is 5.52. The van der Waals surface area contributed by atoms with Crippen LogP contribution in [0.15, 0.2) is 55.2 Å². The van der Waals surface area contributed by atoms with Gasteiger partial charge in [0, 0.05) is 44.8 Å². The molecule has 6 heteroatoms. The van der Waals surface area contributed by atoms with E-state index in [9.17, 15) is 0 Å². The number of benzene rings is 1. The number of nitrogens with zero attached hydrogens (tertiary/aromatic N) is 4. The van der Waals surface area contributed by atoms with E-state index in [1.54, 1.807) is 6.20 Å². The van der Waals surface area contributed by atoms with E-state index in [2.05, 4.69) is 44.6 Å². The summed E-state index contributed by atoms with van der Waals surface area (Å²) < 4.78 is 13.1. The van der Waals surface area contributed by atoms with E-state index in [1.165, 1.54) is 16.8 Å². The van der Waals surface area contributed by atoms with Crippen LogP contribution in [0.2, 0.25) is 0 Å². The van der Waals surface area contributed by atoms with E-state index in [4.69, 9.17) is 9.47 Å². The van der Waals surface area contributed by atoms with Gasteiger partial charge < -0.3 is 14.0 Å². The summed E-state index contributed by atoms with van der Waals surface area (Å²) >= 11 is 0. The number of aromatic nitrogens is 3. The lowest BCUT2D eigenvalue weighted by Crippen LogP contribution is -2.24. The minimum Gasteiger partial charge on any atom is -0.454 e. The third kappa shape index (κ3) is 3.70. The van der Waals surface area contributed by atoms with Crippen molar-refractivity contribution in [1.82, 2.24) is 19.4 Å². The highest BCUT2D eigenvalue weighted by molar-refractivity contribution is 5.44. The molecule has 0 fully saturated rings. The van der Waals surface area contributed by atoms with Crippen LogP contribution in [-0.2, 0) is 26.2 Å². The lowest BCUT2D eigenvalue weighted by Gasteiger charge is -2.23. The number of hydrogen-bond acceptors (Lipinski definition) is 5. The Labute approximate surface area is 153 Å². The van der Waals surface area contributed by atoms with Gasteiger partial charge in [-0.15, -0.1) is 0 Å². The molecule has 4 rings (SSSR count). The third-order valence-electron chi connectivity index (χ3n) is 4.50. The van der Waals surface area contributed by atoms with Crippen LogP contribution in [0.5, 0.6) is 11.5 Å². The number of fused-ring (bicyclic) bond motifs is 1. The molecule has 0 atom stereocenters. The Hall–Kier alpha value is -2.86. The van der Waals surface area contributed by atoms with Crippen LogP contribution in [0.1, 0.15) is 23.7 Å². The maximum absolute atomic E-state index is 5.52. The molecule has 0 saturated heterocycles. The molecular weight excluding hydrogens is 328 g/mol. The molecule has 0 N–H and O–H groups in total. The van der Waals surface area contributed by atoms with Crippen molar-refractivity contribution in [3.05, 3.63) is 72.1 Å². The van der Waals surface area contributed by atoms with Crippen molar-refractivity contribution < 1.29 is 9.47 Å². The van der Waals surface area contributed by atoms with E-state index in [0.717, 1.165) is 37.7 Å². The molecule has 0 unspecified atom stereocenters. The molecule has 0 aliphatic carbocycles. The summed E-state index contributed by atoms with van der Waals surface area (Å²) in [6, 6.07) is 10.2. The highest BCUT2D eigenvalue weighted by atomic mass is 16.7. The average Bonchev–Trinajstić information content (AvgIpc) is 3.31. The van der Waals surface area contributed by atoms with Gasteiger partial charge in [0.1, 0.15) is 0 Å². The zero-order valence-electron chi connectivity index (χ0n) is 14.8. The zero-order chi connectivity index (χ0) is 17.8. The summed E-state index contributed by atoms with van der Waals surface area (Å²) in [7, 11) is 0. The van der Waals surface area contributed by atoms with E-state index in [1.807, 2.05) is 30.9 Å². The summed E-state index contributed by atoms with van der Waals surface area (Å²) in [5.74, 6) is 1.64. The first-order valence-electron chi connectivity index (χ1n) is 8.80. The second kappa shape index (κ2) is 7.58. The molecule has 0 amide bonds. The van der Waals surface area contributed by atoms with Crippen LogP contribution >= 0.6 is 0 Å². The van der Waals surface area contributed by atoms with Gasteiger partial charge in [-0.3, -0.25) is 9.88 Å². The lowest BCUT2D eigenvalue weighted by molar-refractivity contribution is 0.174. The molecule has 0 bridgehead atoms. The van der Waals surface area contributed by atoms with Gasteiger partial charge in [-0.2, -0.15) is 0 Å². The number of aryl methyl sites for hydroxylation is 1. The van der Waals surface area contributed by atoms with E-state index in [0.29, 0.717) is 6.79 Å². The van der Waals surface area contributed by atoms with Crippen LogP contribution in [0, 0.1) is 0 Å². The highest BCUT2D eigenvalue weighted by Crippen LogP contribution is 2.33. The fraction of sp³-hybridized carbons (Fsp3) is 0.300. The van der Waals surface area contributed by atoms with Crippen molar-refractivity contribution in [2.45, 2.75) is 33.1 Å². The van der Waals surface area contributed by atoms with Crippen LogP contribution in [0.3, 0.4) is 0 Å². The van der Waals surface area contributed by atoms with Gasteiger partial charge in [0.25, 0.3) is 0 Å². The summed E-state index contributed by atoms with van der Waals surface area (Å²) in [6.45, 7) is 5.79. The summed E-state index contributed by atoms with van der Waals surface area (Å²) in [4.78, 5) is 10.9. The predicted molar refractivity (Wildman–Crippen MR) is 97.7 cm³/mol. The second-order valence-electron chi connectivity index (χ2n) is 6.37. The SMILES string of the molecule is CCn1cncc1CN(Cc1cccnc1)Cc1ccc2c(c1)OCO2. The van der Waals surface area contributed by atoms with Crippen LogP contribution in [0.4, 0.5) is 0 Å². The Bertz CT molecular complexity index is 863. The fourth-order valence-electron chi connectivity index (χ4n) is 3.21. The molecule has 26 heavy (non-hydrogen) atoms. The van der Waals surface area contributed by atoms with Crippen LogP contribution < -0.4 is 9.47 Å². The Kier molecular flexibility index (Phi) is 4.84. The lowest BCUT2D eigenvalue weighted by atomic mass is 10.1. The molecule has 2 aromatic heterocycles. The third-order valence-corrected chi connectivity index (χ3v) is 4.50. The molecule has 0 saturated carbocycles. The molecule has 3 aromatic rings. The number of imidazole rings is 1. The molecule has 0 spiro atoms. The second-order valence-corrected chi connectivity index (χ2v) is 6.37. The number of pyridine rings is 1. The quantitative estimate of drug-likeness (QED) is 0.655.